The maximum atomic E-state index is 11.4. The zero-order valence-electron chi connectivity index (χ0n) is 10.7. The minimum absolute atomic E-state index is 0.0478. The van der Waals surface area contributed by atoms with Crippen LogP contribution in [0.15, 0.2) is 29.2 Å². The van der Waals surface area contributed by atoms with Gasteiger partial charge in [0.15, 0.2) is 0 Å². The fourth-order valence-electron chi connectivity index (χ4n) is 1.61. The molecule has 0 bridgehead atoms. The maximum absolute atomic E-state index is 11.4. The lowest BCUT2D eigenvalue weighted by Crippen LogP contribution is -2.25. The summed E-state index contributed by atoms with van der Waals surface area (Å²) in [5, 5.41) is 10.9. The van der Waals surface area contributed by atoms with E-state index in [1.54, 1.807) is 22.9 Å². The molecular formula is C13H18N2O4. The first-order chi connectivity index (χ1) is 9.09. The van der Waals surface area contributed by atoms with E-state index in [-0.39, 0.29) is 24.4 Å². The molecule has 19 heavy (non-hydrogen) atoms. The quantitative estimate of drug-likeness (QED) is 0.675. The number of carbonyl (C=O) groups is 2. The minimum atomic E-state index is -0.927. The van der Waals surface area contributed by atoms with Crippen LogP contribution in [-0.2, 0) is 16.1 Å². The van der Waals surface area contributed by atoms with Crippen molar-refractivity contribution in [1.29, 1.82) is 0 Å². The van der Waals surface area contributed by atoms with Crippen LogP contribution in [-0.4, -0.2) is 28.1 Å². The number of aryl methyl sites for hydroxylation is 1. The molecule has 1 aromatic heterocycles. The van der Waals surface area contributed by atoms with Gasteiger partial charge in [0, 0.05) is 31.8 Å². The standard InChI is InChI=1S/C13H18N2O4/c16-11(14-8-7-13(18)19)5-1-3-9-15-10-4-2-6-12(15)17/h2,4,6,10H,1,3,5,7-9H2,(H,14,16)(H,18,19). The molecule has 0 saturated heterocycles. The number of aromatic nitrogens is 1. The lowest BCUT2D eigenvalue weighted by atomic mass is 10.2. The van der Waals surface area contributed by atoms with Crippen molar-refractivity contribution in [2.24, 2.45) is 0 Å². The third-order valence-corrected chi connectivity index (χ3v) is 2.61. The van der Waals surface area contributed by atoms with Crippen LogP contribution in [0, 0.1) is 0 Å². The molecule has 1 amide bonds. The number of hydrogen-bond acceptors (Lipinski definition) is 3. The highest BCUT2D eigenvalue weighted by Crippen LogP contribution is 1.98. The summed E-state index contributed by atoms with van der Waals surface area (Å²) in [7, 11) is 0. The SMILES string of the molecule is O=C(O)CCNC(=O)CCCCn1ccccc1=O. The highest BCUT2D eigenvalue weighted by atomic mass is 16.4. The molecule has 0 radical (unpaired) electrons. The fourth-order valence-corrected chi connectivity index (χ4v) is 1.61. The predicted octanol–water partition coefficient (Wildman–Crippen LogP) is 0.609. The van der Waals surface area contributed by atoms with Gasteiger partial charge in [0.2, 0.25) is 11.5 Å². The number of carbonyl (C=O) groups excluding carboxylic acids is 1. The van der Waals surface area contributed by atoms with Gasteiger partial charge >= 0.3 is 5.97 Å². The van der Waals surface area contributed by atoms with Gasteiger partial charge in [-0.1, -0.05) is 6.07 Å². The third kappa shape index (κ3) is 6.40. The molecule has 1 heterocycles. The van der Waals surface area contributed by atoms with Crippen molar-refractivity contribution in [2.45, 2.75) is 32.2 Å². The van der Waals surface area contributed by atoms with E-state index in [1.807, 2.05) is 0 Å². The number of pyridine rings is 1. The topological polar surface area (TPSA) is 88.4 Å². The largest absolute Gasteiger partial charge is 0.481 e. The summed E-state index contributed by atoms with van der Waals surface area (Å²) in [5.74, 6) is -1.08. The molecule has 0 atom stereocenters. The number of hydrogen-bond donors (Lipinski definition) is 2. The van der Waals surface area contributed by atoms with Crippen LogP contribution in [0.4, 0.5) is 0 Å². The summed E-state index contributed by atoms with van der Waals surface area (Å²) in [6.45, 7) is 0.744. The second-order valence-electron chi connectivity index (χ2n) is 4.18. The van der Waals surface area contributed by atoms with Crippen LogP contribution >= 0.6 is 0 Å². The Balaban J connectivity index is 2.14. The van der Waals surface area contributed by atoms with Gasteiger partial charge in [0.05, 0.1) is 6.42 Å². The molecule has 0 unspecified atom stereocenters. The van der Waals surface area contributed by atoms with Gasteiger partial charge in [-0.15, -0.1) is 0 Å². The van der Waals surface area contributed by atoms with Crippen molar-refractivity contribution in [3.8, 4) is 0 Å². The van der Waals surface area contributed by atoms with Crippen molar-refractivity contribution in [2.75, 3.05) is 6.54 Å². The molecule has 0 aliphatic carbocycles. The van der Waals surface area contributed by atoms with E-state index in [4.69, 9.17) is 5.11 Å². The van der Waals surface area contributed by atoms with E-state index in [0.717, 1.165) is 6.42 Å². The van der Waals surface area contributed by atoms with Crippen LogP contribution in [0.5, 0.6) is 0 Å². The molecule has 104 valence electrons. The van der Waals surface area contributed by atoms with E-state index in [2.05, 4.69) is 5.32 Å². The number of nitrogens with one attached hydrogen (secondary N) is 1. The number of unbranched alkanes of at least 4 members (excludes halogenated alkanes) is 1. The van der Waals surface area contributed by atoms with E-state index in [9.17, 15) is 14.4 Å². The van der Waals surface area contributed by atoms with Crippen molar-refractivity contribution < 1.29 is 14.7 Å². The summed E-state index contributed by atoms with van der Waals surface area (Å²) < 4.78 is 1.60. The first kappa shape index (κ1) is 14.9. The lowest BCUT2D eigenvalue weighted by Gasteiger charge is -2.05. The molecule has 0 saturated carbocycles. The molecular weight excluding hydrogens is 248 g/mol. The van der Waals surface area contributed by atoms with Crippen LogP contribution in [0.25, 0.3) is 0 Å². The van der Waals surface area contributed by atoms with Crippen LogP contribution in [0.2, 0.25) is 0 Å². The Morgan fingerprint density at radius 3 is 2.68 bits per heavy atom. The number of nitrogens with zero attached hydrogens (tertiary/aromatic N) is 1. The molecule has 0 aliphatic rings. The molecule has 1 rings (SSSR count). The van der Waals surface area contributed by atoms with Gasteiger partial charge in [-0.3, -0.25) is 14.4 Å². The molecule has 6 nitrogen and oxygen atoms in total. The monoisotopic (exact) mass is 266 g/mol. The molecule has 1 aromatic rings. The number of amides is 1. The van der Waals surface area contributed by atoms with Gasteiger partial charge in [0.25, 0.3) is 0 Å². The summed E-state index contributed by atoms with van der Waals surface area (Å²) in [6, 6.07) is 4.98. The smallest absolute Gasteiger partial charge is 0.305 e. The van der Waals surface area contributed by atoms with Crippen molar-refractivity contribution >= 4 is 11.9 Å². The maximum Gasteiger partial charge on any atom is 0.305 e. The van der Waals surface area contributed by atoms with Gasteiger partial charge in [-0.25, -0.2) is 0 Å². The average Bonchev–Trinajstić information content (AvgIpc) is 2.36. The zero-order valence-corrected chi connectivity index (χ0v) is 10.7. The molecule has 0 fully saturated rings. The third-order valence-electron chi connectivity index (χ3n) is 2.61. The second-order valence-corrected chi connectivity index (χ2v) is 4.18. The molecule has 0 aliphatic heterocycles. The number of aliphatic carboxylic acids is 1. The Hall–Kier alpha value is -2.11. The van der Waals surface area contributed by atoms with Crippen molar-refractivity contribution in [1.82, 2.24) is 9.88 Å². The highest BCUT2D eigenvalue weighted by Gasteiger charge is 2.02. The number of carboxylic acids is 1. The van der Waals surface area contributed by atoms with Crippen LogP contribution in [0.3, 0.4) is 0 Å². The minimum Gasteiger partial charge on any atom is -0.481 e. The Kier molecular flexibility index (Phi) is 6.35. The van der Waals surface area contributed by atoms with Crippen LogP contribution in [0.1, 0.15) is 25.7 Å². The lowest BCUT2D eigenvalue weighted by molar-refractivity contribution is -0.136. The van der Waals surface area contributed by atoms with Gasteiger partial charge in [-0.05, 0) is 18.9 Å². The Bertz CT molecular complexity index is 482. The fraction of sp³-hybridized carbons (Fsp3) is 0.462. The summed E-state index contributed by atoms with van der Waals surface area (Å²) in [4.78, 5) is 33.0. The predicted molar refractivity (Wildman–Crippen MR) is 69.8 cm³/mol. The average molecular weight is 266 g/mol. The van der Waals surface area contributed by atoms with E-state index >= 15 is 0 Å². The van der Waals surface area contributed by atoms with E-state index in [1.165, 1.54) is 6.07 Å². The molecule has 2 N–H and O–H groups in total. The van der Waals surface area contributed by atoms with E-state index < -0.39 is 5.97 Å². The summed E-state index contributed by atoms with van der Waals surface area (Å²) in [6.07, 6.45) is 3.40. The van der Waals surface area contributed by atoms with Gasteiger partial charge in [-0.2, -0.15) is 0 Å². The summed E-state index contributed by atoms with van der Waals surface area (Å²) >= 11 is 0. The summed E-state index contributed by atoms with van der Waals surface area (Å²) in [5.41, 5.74) is -0.0478. The normalized spacial score (nSPS) is 10.1. The molecule has 6 heteroatoms. The molecule has 0 aromatic carbocycles. The number of carboxylic acid groups (broad SMARTS) is 1. The Labute approximate surface area is 111 Å². The zero-order chi connectivity index (χ0) is 14.1. The first-order valence-electron chi connectivity index (χ1n) is 6.23. The first-order valence-corrected chi connectivity index (χ1v) is 6.23. The van der Waals surface area contributed by atoms with Gasteiger partial charge < -0.3 is 15.0 Å². The van der Waals surface area contributed by atoms with Crippen LogP contribution < -0.4 is 10.9 Å². The highest BCUT2D eigenvalue weighted by molar-refractivity contribution is 5.76. The Morgan fingerprint density at radius 2 is 2.00 bits per heavy atom. The van der Waals surface area contributed by atoms with Crippen molar-refractivity contribution in [3.63, 3.8) is 0 Å². The molecule has 0 spiro atoms. The number of rotatable bonds is 8. The van der Waals surface area contributed by atoms with E-state index in [0.29, 0.717) is 19.4 Å². The second kappa shape index (κ2) is 8.07. The Morgan fingerprint density at radius 1 is 1.21 bits per heavy atom. The van der Waals surface area contributed by atoms with Gasteiger partial charge in [0.1, 0.15) is 0 Å². The van der Waals surface area contributed by atoms with Crippen molar-refractivity contribution in [3.05, 3.63) is 34.7 Å².